The Balaban J connectivity index is 2.06. The van der Waals surface area contributed by atoms with E-state index in [1.54, 1.807) is 6.07 Å². The van der Waals surface area contributed by atoms with Crippen LogP contribution in [-0.2, 0) is 9.53 Å². The van der Waals surface area contributed by atoms with E-state index in [2.05, 4.69) is 10.2 Å². The summed E-state index contributed by atoms with van der Waals surface area (Å²) in [6.07, 6.45) is 0. The maximum Gasteiger partial charge on any atom is 0.258 e. The molecule has 5 nitrogen and oxygen atoms in total. The van der Waals surface area contributed by atoms with Crippen LogP contribution >= 0.6 is 0 Å². The normalized spacial score (nSPS) is 14.9. The first-order valence-corrected chi connectivity index (χ1v) is 7.33. The van der Waals surface area contributed by atoms with Crippen molar-refractivity contribution in [3.05, 3.63) is 42.0 Å². The molecule has 1 N–H and O–H groups in total. The topological polar surface area (TPSA) is 58.6 Å². The molecule has 22 heavy (non-hydrogen) atoms. The van der Waals surface area contributed by atoms with E-state index in [-0.39, 0.29) is 11.8 Å². The van der Waals surface area contributed by atoms with Gasteiger partial charge in [0.1, 0.15) is 0 Å². The van der Waals surface area contributed by atoms with Crippen molar-refractivity contribution in [2.75, 3.05) is 31.2 Å². The van der Waals surface area contributed by atoms with Crippen LogP contribution in [0.15, 0.2) is 36.4 Å². The van der Waals surface area contributed by atoms with Crippen LogP contribution in [0.2, 0.25) is 0 Å². The Morgan fingerprint density at radius 1 is 1.05 bits per heavy atom. The quantitative estimate of drug-likeness (QED) is 0.920. The van der Waals surface area contributed by atoms with Crippen molar-refractivity contribution in [1.82, 2.24) is 5.32 Å². The van der Waals surface area contributed by atoms with Gasteiger partial charge in [0.2, 0.25) is 5.91 Å². The molecule has 5 heteroatoms. The summed E-state index contributed by atoms with van der Waals surface area (Å²) >= 11 is 0. The Morgan fingerprint density at radius 3 is 2.41 bits per heavy atom. The number of benzene rings is 2. The van der Waals surface area contributed by atoms with Gasteiger partial charge in [-0.15, -0.1) is 0 Å². The fourth-order valence-corrected chi connectivity index (χ4v) is 2.79. The molecule has 2 aromatic carbocycles. The number of amides is 2. The Morgan fingerprint density at radius 2 is 1.73 bits per heavy atom. The lowest BCUT2D eigenvalue weighted by Gasteiger charge is -2.30. The number of fused-ring (bicyclic) bond motifs is 1. The molecule has 0 radical (unpaired) electrons. The van der Waals surface area contributed by atoms with Crippen molar-refractivity contribution >= 4 is 28.3 Å². The van der Waals surface area contributed by atoms with E-state index in [1.807, 2.05) is 30.3 Å². The molecule has 2 aromatic rings. The second-order valence-electron chi connectivity index (χ2n) is 5.29. The largest absolute Gasteiger partial charge is 0.378 e. The van der Waals surface area contributed by atoms with Crippen molar-refractivity contribution in [2.24, 2.45) is 0 Å². The van der Waals surface area contributed by atoms with Gasteiger partial charge in [-0.05, 0) is 17.5 Å². The SMILES string of the molecule is CC(=O)NC(=O)c1ccc(N2CCOCC2)c2ccccc12. The number of hydrogen-bond acceptors (Lipinski definition) is 4. The van der Waals surface area contributed by atoms with Gasteiger partial charge in [-0.1, -0.05) is 24.3 Å². The number of ether oxygens (including phenoxy) is 1. The van der Waals surface area contributed by atoms with Gasteiger partial charge in [0.25, 0.3) is 5.91 Å². The zero-order chi connectivity index (χ0) is 15.5. The lowest BCUT2D eigenvalue weighted by molar-refractivity contribution is -0.118. The van der Waals surface area contributed by atoms with Crippen LogP contribution in [-0.4, -0.2) is 38.1 Å². The zero-order valence-corrected chi connectivity index (χ0v) is 12.5. The zero-order valence-electron chi connectivity index (χ0n) is 12.5. The van der Waals surface area contributed by atoms with Crippen LogP contribution in [0.5, 0.6) is 0 Å². The first kappa shape index (κ1) is 14.5. The lowest BCUT2D eigenvalue weighted by Crippen LogP contribution is -2.36. The molecule has 0 unspecified atom stereocenters. The number of nitrogens with one attached hydrogen (secondary N) is 1. The van der Waals surface area contributed by atoms with E-state index in [4.69, 9.17) is 4.74 Å². The third-order valence-electron chi connectivity index (χ3n) is 3.79. The third-order valence-corrected chi connectivity index (χ3v) is 3.79. The van der Waals surface area contributed by atoms with Gasteiger partial charge in [0.15, 0.2) is 0 Å². The van der Waals surface area contributed by atoms with Crippen molar-refractivity contribution < 1.29 is 14.3 Å². The summed E-state index contributed by atoms with van der Waals surface area (Å²) in [5, 5.41) is 4.21. The maximum absolute atomic E-state index is 12.2. The van der Waals surface area contributed by atoms with Gasteiger partial charge in [0.05, 0.1) is 13.2 Å². The first-order chi connectivity index (χ1) is 10.7. The molecule has 1 aliphatic heterocycles. The Kier molecular flexibility index (Phi) is 4.06. The number of carbonyl (C=O) groups excluding carboxylic acids is 2. The predicted octanol–water partition coefficient (Wildman–Crippen LogP) is 1.95. The molecule has 1 heterocycles. The van der Waals surface area contributed by atoms with Crippen LogP contribution in [0, 0.1) is 0 Å². The van der Waals surface area contributed by atoms with Crippen LogP contribution in [0.25, 0.3) is 10.8 Å². The number of hydrogen-bond donors (Lipinski definition) is 1. The molecule has 0 atom stereocenters. The van der Waals surface area contributed by atoms with Crippen LogP contribution in [0.4, 0.5) is 5.69 Å². The van der Waals surface area contributed by atoms with E-state index in [9.17, 15) is 9.59 Å². The van der Waals surface area contributed by atoms with E-state index in [0.29, 0.717) is 18.8 Å². The average molecular weight is 298 g/mol. The summed E-state index contributed by atoms with van der Waals surface area (Å²) in [4.78, 5) is 25.6. The minimum Gasteiger partial charge on any atom is -0.378 e. The highest BCUT2D eigenvalue weighted by Crippen LogP contribution is 2.30. The Bertz CT molecular complexity index is 721. The smallest absolute Gasteiger partial charge is 0.258 e. The summed E-state index contributed by atoms with van der Waals surface area (Å²) in [6, 6.07) is 11.5. The van der Waals surface area contributed by atoms with Gasteiger partial charge in [-0.25, -0.2) is 0 Å². The molecule has 0 saturated carbocycles. The minimum absolute atomic E-state index is 0.355. The molecule has 2 amide bonds. The summed E-state index contributed by atoms with van der Waals surface area (Å²) in [5.41, 5.74) is 1.61. The van der Waals surface area contributed by atoms with Gasteiger partial charge >= 0.3 is 0 Å². The van der Waals surface area contributed by atoms with E-state index < -0.39 is 0 Å². The highest BCUT2D eigenvalue weighted by atomic mass is 16.5. The van der Waals surface area contributed by atoms with Crippen LogP contribution < -0.4 is 10.2 Å². The molecule has 0 aliphatic carbocycles. The Hall–Kier alpha value is -2.40. The molecule has 3 rings (SSSR count). The molecule has 0 bridgehead atoms. The highest BCUT2D eigenvalue weighted by Gasteiger charge is 2.17. The molecule has 1 saturated heterocycles. The highest BCUT2D eigenvalue weighted by molar-refractivity contribution is 6.14. The standard InChI is InChI=1S/C17H18N2O3/c1-12(20)18-17(21)15-6-7-16(19-8-10-22-11-9-19)14-5-3-2-4-13(14)15/h2-7H,8-11H2,1H3,(H,18,20,21). The summed E-state index contributed by atoms with van der Waals surface area (Å²) < 4.78 is 5.40. The summed E-state index contributed by atoms with van der Waals surface area (Å²) in [5.74, 6) is -0.719. The Labute approximate surface area is 128 Å². The third kappa shape index (κ3) is 2.80. The number of rotatable bonds is 2. The summed E-state index contributed by atoms with van der Waals surface area (Å²) in [7, 11) is 0. The van der Waals surface area contributed by atoms with E-state index in [0.717, 1.165) is 29.5 Å². The van der Waals surface area contributed by atoms with Crippen molar-refractivity contribution in [3.63, 3.8) is 0 Å². The van der Waals surface area contributed by atoms with E-state index in [1.165, 1.54) is 6.92 Å². The lowest BCUT2D eigenvalue weighted by atomic mass is 10.0. The van der Waals surface area contributed by atoms with Crippen molar-refractivity contribution in [1.29, 1.82) is 0 Å². The fourth-order valence-electron chi connectivity index (χ4n) is 2.79. The second-order valence-corrected chi connectivity index (χ2v) is 5.29. The van der Waals surface area contributed by atoms with Crippen molar-refractivity contribution in [2.45, 2.75) is 6.92 Å². The molecule has 114 valence electrons. The molecule has 0 spiro atoms. The number of nitrogens with zero attached hydrogens (tertiary/aromatic N) is 1. The van der Waals surface area contributed by atoms with Gasteiger partial charge in [-0.3, -0.25) is 14.9 Å². The average Bonchev–Trinajstić information content (AvgIpc) is 2.54. The molecule has 1 fully saturated rings. The number of imide groups is 1. The number of anilines is 1. The molecular formula is C17H18N2O3. The van der Waals surface area contributed by atoms with Crippen LogP contribution in [0.1, 0.15) is 17.3 Å². The molecular weight excluding hydrogens is 280 g/mol. The molecule has 1 aliphatic rings. The maximum atomic E-state index is 12.2. The van der Waals surface area contributed by atoms with Gasteiger partial charge < -0.3 is 9.64 Å². The van der Waals surface area contributed by atoms with Crippen LogP contribution in [0.3, 0.4) is 0 Å². The van der Waals surface area contributed by atoms with Gasteiger partial charge in [0, 0.05) is 36.7 Å². The number of morpholine rings is 1. The number of carbonyl (C=O) groups is 2. The monoisotopic (exact) mass is 298 g/mol. The predicted molar refractivity (Wildman–Crippen MR) is 85.1 cm³/mol. The molecule has 0 aromatic heterocycles. The van der Waals surface area contributed by atoms with Crippen molar-refractivity contribution in [3.8, 4) is 0 Å². The second kappa shape index (κ2) is 6.15. The fraction of sp³-hybridized carbons (Fsp3) is 0.294. The van der Waals surface area contributed by atoms with Gasteiger partial charge in [-0.2, -0.15) is 0 Å². The minimum atomic E-state index is -0.364. The van der Waals surface area contributed by atoms with E-state index >= 15 is 0 Å². The summed E-state index contributed by atoms with van der Waals surface area (Å²) in [6.45, 7) is 4.43. The first-order valence-electron chi connectivity index (χ1n) is 7.33.